The van der Waals surface area contributed by atoms with Crippen LogP contribution < -0.4 is 4.74 Å². The zero-order valence-electron chi connectivity index (χ0n) is 10.2. The third-order valence-corrected chi connectivity index (χ3v) is 2.74. The van der Waals surface area contributed by atoms with E-state index < -0.39 is 12.8 Å². The Balaban J connectivity index is 2.45. The summed E-state index contributed by atoms with van der Waals surface area (Å²) in [7, 11) is 0. The zero-order chi connectivity index (χ0) is 14.3. The molecule has 0 fully saturated rings. The minimum absolute atomic E-state index is 0.0422. The van der Waals surface area contributed by atoms with Crippen LogP contribution in [0.3, 0.4) is 0 Å². The molecule has 0 saturated carbocycles. The number of thioether (sulfide) groups is 1. The summed E-state index contributed by atoms with van der Waals surface area (Å²) in [5, 5.41) is 0.0422. The number of ether oxygens (including phenoxy) is 1. The van der Waals surface area contributed by atoms with Gasteiger partial charge in [0.2, 0.25) is 0 Å². The molecule has 1 rings (SSSR count). The van der Waals surface area contributed by atoms with Crippen molar-refractivity contribution in [2.75, 3.05) is 12.4 Å². The molecule has 0 aromatic heterocycles. The molecule has 0 heterocycles. The first kappa shape index (κ1) is 15.6. The number of halogens is 3. The number of hydrogen-bond donors (Lipinski definition) is 0. The topological polar surface area (TPSA) is 26.3 Å². The van der Waals surface area contributed by atoms with Crippen LogP contribution >= 0.6 is 11.8 Å². The Kier molecular flexibility index (Phi) is 5.95. The molecule has 1 aromatic carbocycles. The van der Waals surface area contributed by atoms with Crippen molar-refractivity contribution >= 4 is 23.0 Å². The van der Waals surface area contributed by atoms with Crippen LogP contribution in [-0.4, -0.2) is 23.7 Å². The minimum atomic E-state index is -4.33. The van der Waals surface area contributed by atoms with Gasteiger partial charge in [0.15, 0.2) is 11.7 Å². The second-order valence-corrected chi connectivity index (χ2v) is 4.87. The maximum atomic E-state index is 11.9. The molecule has 0 spiro atoms. The average molecular weight is 290 g/mol. The summed E-state index contributed by atoms with van der Waals surface area (Å²) in [6, 6.07) is 6.26. The smallest absolute Gasteiger partial charge is 0.422 e. The van der Waals surface area contributed by atoms with Crippen molar-refractivity contribution in [2.24, 2.45) is 0 Å². The Labute approximate surface area is 113 Å². The number of alkyl halides is 3. The lowest BCUT2D eigenvalue weighted by molar-refractivity contribution is -0.153. The lowest BCUT2D eigenvalue weighted by Crippen LogP contribution is -2.19. The molecular weight excluding hydrogens is 277 g/mol. The Hall–Kier alpha value is -1.43. The van der Waals surface area contributed by atoms with Crippen molar-refractivity contribution in [2.45, 2.75) is 13.1 Å². The standard InChI is InChI=1S/C13H13F3O2S/c1-10(17)19-8-2-3-11-4-6-12(7-5-11)18-9-13(14,15)16/h2-7H,8-9H2,1H3. The lowest BCUT2D eigenvalue weighted by Gasteiger charge is -2.08. The van der Waals surface area contributed by atoms with E-state index in [-0.39, 0.29) is 10.9 Å². The maximum absolute atomic E-state index is 11.9. The molecule has 104 valence electrons. The highest BCUT2D eigenvalue weighted by atomic mass is 32.2. The fourth-order valence-corrected chi connectivity index (χ4v) is 1.62. The van der Waals surface area contributed by atoms with Gasteiger partial charge in [0.05, 0.1) is 0 Å². The Morgan fingerprint density at radius 1 is 1.32 bits per heavy atom. The Morgan fingerprint density at radius 3 is 2.47 bits per heavy atom. The van der Waals surface area contributed by atoms with Crippen LogP contribution in [0.25, 0.3) is 6.08 Å². The summed E-state index contributed by atoms with van der Waals surface area (Å²) < 4.78 is 40.4. The van der Waals surface area contributed by atoms with Crippen molar-refractivity contribution in [1.82, 2.24) is 0 Å². The van der Waals surface area contributed by atoms with E-state index in [0.717, 1.165) is 5.56 Å². The van der Waals surface area contributed by atoms with Crippen molar-refractivity contribution in [1.29, 1.82) is 0 Å². The highest BCUT2D eigenvalue weighted by Crippen LogP contribution is 2.19. The van der Waals surface area contributed by atoms with Gasteiger partial charge >= 0.3 is 6.18 Å². The largest absolute Gasteiger partial charge is 0.484 e. The number of carbonyl (C=O) groups excluding carboxylic acids is 1. The van der Waals surface area contributed by atoms with Crippen molar-refractivity contribution in [3.63, 3.8) is 0 Å². The van der Waals surface area contributed by atoms with Crippen molar-refractivity contribution in [3.8, 4) is 5.75 Å². The zero-order valence-corrected chi connectivity index (χ0v) is 11.1. The molecule has 0 aliphatic rings. The molecule has 0 bridgehead atoms. The van der Waals surface area contributed by atoms with Crippen LogP contribution in [-0.2, 0) is 4.79 Å². The van der Waals surface area contributed by atoms with E-state index in [9.17, 15) is 18.0 Å². The maximum Gasteiger partial charge on any atom is 0.422 e. The first-order valence-corrected chi connectivity index (χ1v) is 6.45. The summed E-state index contributed by atoms with van der Waals surface area (Å²) in [5.41, 5.74) is 0.837. The fraction of sp³-hybridized carbons (Fsp3) is 0.308. The summed E-state index contributed by atoms with van der Waals surface area (Å²) in [5.74, 6) is 0.745. The normalized spacial score (nSPS) is 11.8. The SMILES string of the molecule is CC(=O)SCC=Cc1ccc(OCC(F)(F)F)cc1. The second kappa shape index (κ2) is 7.23. The van der Waals surface area contributed by atoms with Gasteiger partial charge in [-0.25, -0.2) is 0 Å². The van der Waals surface area contributed by atoms with E-state index in [1.54, 1.807) is 18.2 Å². The van der Waals surface area contributed by atoms with Gasteiger partial charge in [-0.1, -0.05) is 36.0 Å². The molecule has 0 atom stereocenters. The minimum Gasteiger partial charge on any atom is -0.484 e. The van der Waals surface area contributed by atoms with Gasteiger partial charge in [0.1, 0.15) is 5.75 Å². The highest BCUT2D eigenvalue weighted by Gasteiger charge is 2.28. The monoisotopic (exact) mass is 290 g/mol. The first-order valence-electron chi connectivity index (χ1n) is 5.46. The third kappa shape index (κ3) is 7.56. The molecule has 0 amide bonds. The van der Waals surface area contributed by atoms with Crippen molar-refractivity contribution in [3.05, 3.63) is 35.9 Å². The van der Waals surface area contributed by atoms with E-state index in [0.29, 0.717) is 5.75 Å². The van der Waals surface area contributed by atoms with E-state index in [1.807, 2.05) is 6.08 Å². The Morgan fingerprint density at radius 2 is 1.95 bits per heavy atom. The number of carbonyl (C=O) groups is 1. The average Bonchev–Trinajstić information content (AvgIpc) is 2.32. The number of benzene rings is 1. The van der Waals surface area contributed by atoms with Crippen molar-refractivity contribution < 1.29 is 22.7 Å². The predicted octanol–water partition coefficient (Wildman–Crippen LogP) is 3.92. The van der Waals surface area contributed by atoms with Crippen LogP contribution in [0, 0.1) is 0 Å². The summed E-state index contributed by atoms with van der Waals surface area (Å²) in [6.45, 7) is 0.197. The number of hydrogen-bond acceptors (Lipinski definition) is 3. The molecule has 0 unspecified atom stereocenters. The molecular formula is C13H13F3O2S. The Bertz CT molecular complexity index is 438. The lowest BCUT2D eigenvalue weighted by atomic mass is 10.2. The van der Waals surface area contributed by atoms with Crippen LogP contribution in [0.1, 0.15) is 12.5 Å². The van der Waals surface area contributed by atoms with Crippen LogP contribution in [0.4, 0.5) is 13.2 Å². The molecule has 6 heteroatoms. The molecule has 2 nitrogen and oxygen atoms in total. The van der Waals surface area contributed by atoms with Crippen LogP contribution in [0.2, 0.25) is 0 Å². The molecule has 0 saturated heterocycles. The van der Waals surface area contributed by atoms with E-state index in [2.05, 4.69) is 4.74 Å². The molecule has 0 radical (unpaired) electrons. The number of rotatable bonds is 5. The van der Waals surface area contributed by atoms with Gasteiger partial charge in [0.25, 0.3) is 0 Å². The van der Waals surface area contributed by atoms with Gasteiger partial charge in [-0.15, -0.1) is 0 Å². The van der Waals surface area contributed by atoms with Gasteiger partial charge in [0, 0.05) is 12.7 Å². The predicted molar refractivity (Wildman–Crippen MR) is 70.2 cm³/mol. The van der Waals surface area contributed by atoms with Gasteiger partial charge in [-0.2, -0.15) is 13.2 Å². The quantitative estimate of drug-likeness (QED) is 0.822. The van der Waals surface area contributed by atoms with Crippen LogP contribution in [0.5, 0.6) is 5.75 Å². The van der Waals surface area contributed by atoms with E-state index in [1.165, 1.54) is 30.8 Å². The molecule has 0 aliphatic heterocycles. The molecule has 19 heavy (non-hydrogen) atoms. The summed E-state index contributed by atoms with van der Waals surface area (Å²) >= 11 is 1.19. The summed E-state index contributed by atoms with van der Waals surface area (Å²) in [4.78, 5) is 10.7. The van der Waals surface area contributed by atoms with Gasteiger partial charge in [-0.05, 0) is 17.7 Å². The summed E-state index contributed by atoms with van der Waals surface area (Å²) in [6.07, 6.45) is -0.719. The van der Waals surface area contributed by atoms with Crippen LogP contribution in [0.15, 0.2) is 30.3 Å². The first-order chi connectivity index (χ1) is 8.87. The third-order valence-electron chi connectivity index (χ3n) is 1.98. The molecule has 1 aromatic rings. The fourth-order valence-electron chi connectivity index (χ4n) is 1.19. The van der Waals surface area contributed by atoms with Gasteiger partial charge < -0.3 is 4.74 Å². The molecule has 0 N–H and O–H groups in total. The van der Waals surface area contributed by atoms with E-state index in [4.69, 9.17) is 0 Å². The second-order valence-electron chi connectivity index (χ2n) is 3.68. The van der Waals surface area contributed by atoms with Gasteiger partial charge in [-0.3, -0.25) is 4.79 Å². The van der Waals surface area contributed by atoms with E-state index >= 15 is 0 Å². The highest BCUT2D eigenvalue weighted by molar-refractivity contribution is 8.13. The molecule has 0 aliphatic carbocycles.